The van der Waals surface area contributed by atoms with E-state index in [1.54, 1.807) is 0 Å². The smallest absolute Gasteiger partial charge is 0.311 e. The number of nitrogens with zero attached hydrogens (tertiary/aromatic N) is 3. The fourth-order valence-electron chi connectivity index (χ4n) is 2.38. The molecule has 2 heterocycles. The van der Waals surface area contributed by atoms with Crippen LogP contribution in [0.5, 0.6) is 0 Å². The largest absolute Gasteiger partial charge is 0.351 e. The molecule has 1 aliphatic rings. The lowest BCUT2D eigenvalue weighted by Crippen LogP contribution is -2.36. The third-order valence-corrected chi connectivity index (χ3v) is 3.62. The van der Waals surface area contributed by atoms with Gasteiger partial charge in [0.2, 0.25) is 5.82 Å². The zero-order valence-corrected chi connectivity index (χ0v) is 11.1. The first-order valence-electron chi connectivity index (χ1n) is 6.17. The quantitative estimate of drug-likeness (QED) is 0.480. The molecule has 1 fully saturated rings. The van der Waals surface area contributed by atoms with Crippen molar-refractivity contribution in [1.82, 2.24) is 4.98 Å². The van der Waals surface area contributed by atoms with Crippen molar-refractivity contribution in [3.8, 4) is 0 Å². The number of halogens is 1. The Morgan fingerprint density at radius 3 is 3.06 bits per heavy atom. The molecule has 18 heavy (non-hydrogen) atoms. The lowest BCUT2D eigenvalue weighted by Gasteiger charge is -2.32. The maximum atomic E-state index is 11.0. The Kier molecular flexibility index (Phi) is 4.01. The number of piperidine rings is 1. The van der Waals surface area contributed by atoms with Gasteiger partial charge in [-0.2, -0.15) is 0 Å². The topological polar surface area (TPSA) is 59.3 Å². The molecular weight excluding hydrogens is 254 g/mol. The molecule has 0 amide bonds. The summed E-state index contributed by atoms with van der Waals surface area (Å²) in [5.41, 5.74) is 0.0381. The van der Waals surface area contributed by atoms with Gasteiger partial charge >= 0.3 is 5.69 Å². The third kappa shape index (κ3) is 2.72. The van der Waals surface area contributed by atoms with E-state index in [-0.39, 0.29) is 5.69 Å². The Bertz CT molecular complexity index is 453. The van der Waals surface area contributed by atoms with Gasteiger partial charge in [-0.05, 0) is 24.8 Å². The molecule has 0 spiro atoms. The standard InChI is InChI=1S/C12H16ClN3O2/c1-2-9-4-3-7-15(8-9)12-10(16(17)18)5-6-11(13)14-12/h5-6,9H,2-4,7-8H2,1H3. The van der Waals surface area contributed by atoms with Crippen LogP contribution in [0.15, 0.2) is 12.1 Å². The second-order valence-electron chi connectivity index (χ2n) is 4.60. The average Bonchev–Trinajstić information content (AvgIpc) is 2.38. The molecule has 6 heteroatoms. The Labute approximate surface area is 111 Å². The molecule has 1 aromatic heterocycles. The summed E-state index contributed by atoms with van der Waals surface area (Å²) < 4.78 is 0. The van der Waals surface area contributed by atoms with Crippen molar-refractivity contribution in [2.45, 2.75) is 26.2 Å². The van der Waals surface area contributed by atoms with E-state index in [4.69, 9.17) is 11.6 Å². The van der Waals surface area contributed by atoms with Gasteiger partial charge in [-0.25, -0.2) is 4.98 Å². The maximum Gasteiger partial charge on any atom is 0.311 e. The first-order chi connectivity index (χ1) is 8.61. The second kappa shape index (κ2) is 5.52. The highest BCUT2D eigenvalue weighted by Crippen LogP contribution is 2.31. The SMILES string of the molecule is CCC1CCCN(c2nc(Cl)ccc2[N+](=O)[O-])C1. The number of hydrogen-bond acceptors (Lipinski definition) is 4. The number of pyridine rings is 1. The summed E-state index contributed by atoms with van der Waals surface area (Å²) in [4.78, 5) is 16.8. The van der Waals surface area contributed by atoms with Gasteiger partial charge in [-0.15, -0.1) is 0 Å². The first kappa shape index (κ1) is 13.1. The Hall–Kier alpha value is -1.36. The van der Waals surface area contributed by atoms with Gasteiger partial charge in [0.05, 0.1) is 4.92 Å². The highest BCUT2D eigenvalue weighted by molar-refractivity contribution is 6.29. The molecule has 0 saturated carbocycles. The van der Waals surface area contributed by atoms with Crippen molar-refractivity contribution < 1.29 is 4.92 Å². The van der Waals surface area contributed by atoms with E-state index in [9.17, 15) is 10.1 Å². The fraction of sp³-hybridized carbons (Fsp3) is 0.583. The number of anilines is 1. The van der Waals surface area contributed by atoms with Crippen molar-refractivity contribution >= 4 is 23.1 Å². The molecule has 0 N–H and O–H groups in total. The highest BCUT2D eigenvalue weighted by Gasteiger charge is 2.26. The van der Waals surface area contributed by atoms with Crippen LogP contribution < -0.4 is 4.90 Å². The monoisotopic (exact) mass is 269 g/mol. The summed E-state index contributed by atoms with van der Waals surface area (Å²) in [5.74, 6) is 0.991. The molecule has 5 nitrogen and oxygen atoms in total. The summed E-state index contributed by atoms with van der Waals surface area (Å²) in [5, 5.41) is 11.3. The van der Waals surface area contributed by atoms with Crippen molar-refractivity contribution in [1.29, 1.82) is 0 Å². The number of rotatable bonds is 3. The van der Waals surface area contributed by atoms with Gasteiger partial charge in [-0.1, -0.05) is 24.9 Å². The third-order valence-electron chi connectivity index (χ3n) is 3.41. The summed E-state index contributed by atoms with van der Waals surface area (Å²) in [6.07, 6.45) is 3.32. The minimum Gasteiger partial charge on any atom is -0.351 e. The normalized spacial score (nSPS) is 19.9. The van der Waals surface area contributed by atoms with E-state index in [1.165, 1.54) is 18.6 Å². The van der Waals surface area contributed by atoms with E-state index < -0.39 is 4.92 Å². The predicted octanol–water partition coefficient (Wildman–Crippen LogP) is 3.27. The van der Waals surface area contributed by atoms with Crippen LogP contribution >= 0.6 is 11.6 Å². The van der Waals surface area contributed by atoms with E-state index in [0.29, 0.717) is 16.9 Å². The molecule has 1 saturated heterocycles. The van der Waals surface area contributed by atoms with E-state index in [2.05, 4.69) is 11.9 Å². The molecule has 0 bridgehead atoms. The van der Waals surface area contributed by atoms with Gasteiger partial charge < -0.3 is 4.90 Å². The van der Waals surface area contributed by atoms with E-state index in [1.807, 2.05) is 4.90 Å². The zero-order valence-electron chi connectivity index (χ0n) is 10.3. The minimum atomic E-state index is -0.395. The molecule has 1 aromatic rings. The van der Waals surface area contributed by atoms with E-state index in [0.717, 1.165) is 25.9 Å². The highest BCUT2D eigenvalue weighted by atomic mass is 35.5. The van der Waals surface area contributed by atoms with Crippen LogP contribution in [0.4, 0.5) is 11.5 Å². The summed E-state index contributed by atoms with van der Waals surface area (Å²) in [6, 6.07) is 2.89. The molecule has 0 radical (unpaired) electrons. The minimum absolute atomic E-state index is 0.0381. The number of hydrogen-bond donors (Lipinski definition) is 0. The maximum absolute atomic E-state index is 11.0. The van der Waals surface area contributed by atoms with Crippen LogP contribution in [0.25, 0.3) is 0 Å². The molecule has 0 aromatic carbocycles. The lowest BCUT2D eigenvalue weighted by molar-refractivity contribution is -0.384. The Morgan fingerprint density at radius 2 is 2.39 bits per heavy atom. The van der Waals surface area contributed by atoms with Crippen molar-refractivity contribution in [2.75, 3.05) is 18.0 Å². The van der Waals surface area contributed by atoms with Crippen molar-refractivity contribution in [3.63, 3.8) is 0 Å². The van der Waals surface area contributed by atoms with Crippen molar-refractivity contribution in [2.24, 2.45) is 5.92 Å². The van der Waals surface area contributed by atoms with Crippen LogP contribution in [0.1, 0.15) is 26.2 Å². The van der Waals surface area contributed by atoms with Gasteiger partial charge in [0, 0.05) is 19.2 Å². The molecule has 1 atom stereocenters. The number of aromatic nitrogens is 1. The fourth-order valence-corrected chi connectivity index (χ4v) is 2.53. The molecule has 1 unspecified atom stereocenters. The van der Waals surface area contributed by atoms with Gasteiger partial charge in [0.15, 0.2) is 0 Å². The van der Waals surface area contributed by atoms with Crippen LogP contribution in [0.3, 0.4) is 0 Å². The Morgan fingerprint density at radius 1 is 1.61 bits per heavy atom. The molecular formula is C12H16ClN3O2. The predicted molar refractivity (Wildman–Crippen MR) is 71.1 cm³/mol. The molecule has 98 valence electrons. The van der Waals surface area contributed by atoms with Gasteiger partial charge in [0.1, 0.15) is 5.15 Å². The van der Waals surface area contributed by atoms with Crippen LogP contribution in [0, 0.1) is 16.0 Å². The Balaban J connectivity index is 2.31. The van der Waals surface area contributed by atoms with Gasteiger partial charge in [-0.3, -0.25) is 10.1 Å². The molecule has 0 aliphatic carbocycles. The van der Waals surface area contributed by atoms with Gasteiger partial charge in [0.25, 0.3) is 0 Å². The zero-order chi connectivity index (χ0) is 13.1. The number of nitro groups is 1. The summed E-state index contributed by atoms with van der Waals surface area (Å²) in [6.45, 7) is 3.78. The summed E-state index contributed by atoms with van der Waals surface area (Å²) in [7, 11) is 0. The molecule has 2 rings (SSSR count). The molecule has 1 aliphatic heterocycles. The first-order valence-corrected chi connectivity index (χ1v) is 6.55. The summed E-state index contributed by atoms with van der Waals surface area (Å²) >= 11 is 5.85. The van der Waals surface area contributed by atoms with E-state index >= 15 is 0 Å². The van der Waals surface area contributed by atoms with Crippen molar-refractivity contribution in [3.05, 3.63) is 27.4 Å². The lowest BCUT2D eigenvalue weighted by atomic mass is 9.95. The average molecular weight is 270 g/mol. The van der Waals surface area contributed by atoms with Crippen LogP contribution in [0.2, 0.25) is 5.15 Å². The van der Waals surface area contributed by atoms with Crippen LogP contribution in [-0.4, -0.2) is 23.0 Å². The second-order valence-corrected chi connectivity index (χ2v) is 4.98. The van der Waals surface area contributed by atoms with Crippen LogP contribution in [-0.2, 0) is 0 Å².